The predicted octanol–water partition coefficient (Wildman–Crippen LogP) is 2.42. The molecule has 17 heavy (non-hydrogen) atoms. The highest BCUT2D eigenvalue weighted by Crippen LogP contribution is 2.21. The third-order valence-corrected chi connectivity index (χ3v) is 4.30. The molecule has 0 amide bonds. The van der Waals surface area contributed by atoms with Crippen LogP contribution in [-0.2, 0) is 6.54 Å². The van der Waals surface area contributed by atoms with E-state index in [1.165, 1.54) is 12.8 Å². The van der Waals surface area contributed by atoms with Gasteiger partial charge in [0.2, 0.25) is 0 Å². The van der Waals surface area contributed by atoms with E-state index in [4.69, 9.17) is 0 Å². The molecule has 0 saturated carbocycles. The summed E-state index contributed by atoms with van der Waals surface area (Å²) in [6.45, 7) is 4.97. The van der Waals surface area contributed by atoms with Crippen molar-refractivity contribution in [1.29, 1.82) is 0 Å². The largest absolute Gasteiger partial charge is 0.343 e. The second-order valence-electron chi connectivity index (χ2n) is 4.11. The first-order chi connectivity index (χ1) is 8.22. The molecular formula is C11H21N3OS2. The van der Waals surface area contributed by atoms with Crippen LogP contribution in [0.5, 0.6) is 0 Å². The average molecular weight is 275 g/mol. The lowest BCUT2D eigenvalue weighted by Gasteiger charge is -2.12. The third kappa shape index (κ3) is 4.43. The molecule has 4 nitrogen and oxygen atoms in total. The molecule has 0 aliphatic heterocycles. The normalized spacial score (nSPS) is 12.9. The smallest absolute Gasteiger partial charge is 0.270 e. The second kappa shape index (κ2) is 7.87. The number of rotatable bonds is 8. The van der Waals surface area contributed by atoms with Crippen LogP contribution >= 0.6 is 24.4 Å². The monoisotopic (exact) mass is 275 g/mol. The minimum atomic E-state index is -0.104. The van der Waals surface area contributed by atoms with Gasteiger partial charge in [-0.15, -0.1) is 5.10 Å². The summed E-state index contributed by atoms with van der Waals surface area (Å²) in [6.07, 6.45) is 3.30. The molecule has 0 aliphatic carbocycles. The summed E-state index contributed by atoms with van der Waals surface area (Å²) >= 11 is 6.01. The van der Waals surface area contributed by atoms with Crippen molar-refractivity contribution < 1.29 is 0 Å². The lowest BCUT2D eigenvalue weighted by atomic mass is 10.1. The number of nitrogens with one attached hydrogen (secondary N) is 1. The Morgan fingerprint density at radius 1 is 1.47 bits per heavy atom. The minimum absolute atomic E-state index is 0.104. The molecule has 0 fully saturated rings. The number of hydrogen-bond acceptors (Lipinski definition) is 4. The van der Waals surface area contributed by atoms with Crippen molar-refractivity contribution in [2.24, 2.45) is 5.92 Å². The summed E-state index contributed by atoms with van der Waals surface area (Å²) in [5, 5.41) is 7.38. The van der Waals surface area contributed by atoms with Crippen molar-refractivity contribution in [3.8, 4) is 0 Å². The SMILES string of the molecule is CCCC(CS)CSc1n[nH]c(=O)n1CCC. The molecule has 0 aromatic carbocycles. The van der Waals surface area contributed by atoms with E-state index < -0.39 is 0 Å². The van der Waals surface area contributed by atoms with Crippen molar-refractivity contribution in [2.45, 2.75) is 44.8 Å². The lowest BCUT2D eigenvalue weighted by molar-refractivity contribution is 0.585. The fourth-order valence-corrected chi connectivity index (χ4v) is 3.26. The number of thioether (sulfide) groups is 1. The maximum Gasteiger partial charge on any atom is 0.343 e. The molecule has 1 heterocycles. The summed E-state index contributed by atoms with van der Waals surface area (Å²) < 4.78 is 1.71. The quantitative estimate of drug-likeness (QED) is 0.566. The van der Waals surface area contributed by atoms with E-state index in [0.717, 1.165) is 29.6 Å². The molecule has 6 heteroatoms. The van der Waals surface area contributed by atoms with Crippen molar-refractivity contribution >= 4 is 24.4 Å². The molecule has 1 N–H and O–H groups in total. The summed E-state index contributed by atoms with van der Waals surface area (Å²) in [5.41, 5.74) is -0.104. The maximum absolute atomic E-state index is 11.5. The average Bonchev–Trinajstić information content (AvgIpc) is 2.67. The van der Waals surface area contributed by atoms with E-state index in [9.17, 15) is 4.79 Å². The number of thiol groups is 1. The van der Waals surface area contributed by atoms with E-state index in [2.05, 4.69) is 36.7 Å². The molecule has 98 valence electrons. The predicted molar refractivity (Wildman–Crippen MR) is 76.1 cm³/mol. The van der Waals surface area contributed by atoms with Crippen LogP contribution in [0.1, 0.15) is 33.1 Å². The topological polar surface area (TPSA) is 50.7 Å². The number of hydrogen-bond donors (Lipinski definition) is 2. The summed E-state index contributed by atoms with van der Waals surface area (Å²) in [7, 11) is 0. The Kier molecular flexibility index (Phi) is 6.80. The van der Waals surface area contributed by atoms with Crippen LogP contribution in [0.3, 0.4) is 0 Å². The van der Waals surface area contributed by atoms with Crippen LogP contribution in [0.25, 0.3) is 0 Å². The molecule has 0 spiro atoms. The number of aromatic amines is 1. The zero-order valence-electron chi connectivity index (χ0n) is 10.5. The van der Waals surface area contributed by atoms with Crippen molar-refractivity contribution in [3.05, 3.63) is 10.5 Å². The molecule has 1 unspecified atom stereocenters. The summed E-state index contributed by atoms with van der Waals surface area (Å²) in [4.78, 5) is 11.5. The highest BCUT2D eigenvalue weighted by atomic mass is 32.2. The van der Waals surface area contributed by atoms with Crippen LogP contribution in [-0.4, -0.2) is 26.3 Å². The molecule has 1 atom stereocenters. The van der Waals surface area contributed by atoms with Gasteiger partial charge in [-0.3, -0.25) is 4.57 Å². The molecule has 1 aromatic heterocycles. The zero-order chi connectivity index (χ0) is 12.7. The van der Waals surface area contributed by atoms with Gasteiger partial charge in [0.25, 0.3) is 0 Å². The highest BCUT2D eigenvalue weighted by molar-refractivity contribution is 7.99. The van der Waals surface area contributed by atoms with E-state index in [1.54, 1.807) is 16.3 Å². The first kappa shape index (κ1) is 14.7. The molecule has 1 rings (SSSR count). The molecule has 1 aromatic rings. The van der Waals surface area contributed by atoms with Gasteiger partial charge in [-0.1, -0.05) is 32.0 Å². The summed E-state index contributed by atoms with van der Waals surface area (Å²) in [5.74, 6) is 2.46. The van der Waals surface area contributed by atoms with Gasteiger partial charge in [-0.2, -0.15) is 12.6 Å². The Balaban J connectivity index is 2.58. The Hall–Kier alpha value is -0.360. The minimum Gasteiger partial charge on any atom is -0.270 e. The fraction of sp³-hybridized carbons (Fsp3) is 0.818. The molecule has 0 radical (unpaired) electrons. The van der Waals surface area contributed by atoms with Crippen molar-refractivity contribution in [1.82, 2.24) is 14.8 Å². The first-order valence-electron chi connectivity index (χ1n) is 6.11. The number of H-pyrrole nitrogens is 1. The lowest BCUT2D eigenvalue weighted by Crippen LogP contribution is -2.17. The van der Waals surface area contributed by atoms with Crippen molar-refractivity contribution in [2.75, 3.05) is 11.5 Å². The molecular weight excluding hydrogens is 254 g/mol. The third-order valence-electron chi connectivity index (χ3n) is 2.57. The first-order valence-corrected chi connectivity index (χ1v) is 7.73. The van der Waals surface area contributed by atoms with Gasteiger partial charge in [-0.25, -0.2) is 9.89 Å². The highest BCUT2D eigenvalue weighted by Gasteiger charge is 2.11. The number of aromatic nitrogens is 3. The number of nitrogens with zero attached hydrogens (tertiary/aromatic N) is 2. The van der Waals surface area contributed by atoms with Gasteiger partial charge in [0.05, 0.1) is 0 Å². The fourth-order valence-electron chi connectivity index (χ4n) is 1.66. The van der Waals surface area contributed by atoms with Crippen LogP contribution in [0.4, 0.5) is 0 Å². The van der Waals surface area contributed by atoms with Gasteiger partial charge in [0, 0.05) is 12.3 Å². The van der Waals surface area contributed by atoms with E-state index >= 15 is 0 Å². The van der Waals surface area contributed by atoms with Crippen LogP contribution in [0, 0.1) is 5.92 Å². The Labute approximate surface area is 112 Å². The van der Waals surface area contributed by atoms with Crippen molar-refractivity contribution in [3.63, 3.8) is 0 Å². The van der Waals surface area contributed by atoms with Gasteiger partial charge < -0.3 is 0 Å². The van der Waals surface area contributed by atoms with Crippen LogP contribution < -0.4 is 5.69 Å². The maximum atomic E-state index is 11.5. The van der Waals surface area contributed by atoms with E-state index in [-0.39, 0.29) is 5.69 Å². The zero-order valence-corrected chi connectivity index (χ0v) is 12.2. The Morgan fingerprint density at radius 2 is 2.24 bits per heavy atom. The Bertz CT molecular complexity index is 375. The van der Waals surface area contributed by atoms with Crippen LogP contribution in [0.15, 0.2) is 9.95 Å². The van der Waals surface area contributed by atoms with E-state index in [1.807, 2.05) is 0 Å². The molecule has 0 bridgehead atoms. The second-order valence-corrected chi connectivity index (χ2v) is 5.46. The summed E-state index contributed by atoms with van der Waals surface area (Å²) in [6, 6.07) is 0. The van der Waals surface area contributed by atoms with Gasteiger partial charge in [0.1, 0.15) is 0 Å². The van der Waals surface area contributed by atoms with Gasteiger partial charge >= 0.3 is 5.69 Å². The molecule has 0 aliphatic rings. The van der Waals surface area contributed by atoms with Gasteiger partial charge in [-0.05, 0) is 24.5 Å². The van der Waals surface area contributed by atoms with E-state index in [0.29, 0.717) is 5.92 Å². The standard InChI is InChI=1S/C11H21N3OS2/c1-3-5-9(7-16)8-17-11-13-12-10(15)14(11)6-4-2/h9,16H,3-8H2,1-2H3,(H,12,15). The Morgan fingerprint density at radius 3 is 2.82 bits per heavy atom. The molecule has 0 saturated heterocycles. The van der Waals surface area contributed by atoms with Gasteiger partial charge in [0.15, 0.2) is 5.16 Å². The van der Waals surface area contributed by atoms with Crippen LogP contribution in [0.2, 0.25) is 0 Å².